The molecule has 4 nitrogen and oxygen atoms in total. The number of benzene rings is 1. The summed E-state index contributed by atoms with van der Waals surface area (Å²) in [4.78, 5) is 0.150. The number of nitrogens with zero attached hydrogens (tertiary/aromatic N) is 1. The van der Waals surface area contributed by atoms with Gasteiger partial charge in [-0.2, -0.15) is 4.31 Å². The first kappa shape index (κ1) is 14.2. The first-order chi connectivity index (χ1) is 8.02. The molecule has 1 rings (SSSR count). The van der Waals surface area contributed by atoms with Gasteiger partial charge in [0.2, 0.25) is 10.0 Å². The first-order valence-corrected chi connectivity index (χ1v) is 6.81. The largest absolute Gasteiger partial charge is 0.395 e. The molecule has 0 amide bonds. The van der Waals surface area contributed by atoms with Crippen molar-refractivity contribution >= 4 is 21.6 Å². The third-order valence-electron chi connectivity index (χ3n) is 2.13. The van der Waals surface area contributed by atoms with E-state index in [1.807, 2.05) is 0 Å². The van der Waals surface area contributed by atoms with Crippen LogP contribution in [0, 0.1) is 0 Å². The van der Waals surface area contributed by atoms with Gasteiger partial charge in [0.1, 0.15) is 0 Å². The second-order valence-electron chi connectivity index (χ2n) is 3.33. The molecule has 17 heavy (non-hydrogen) atoms. The lowest BCUT2D eigenvalue weighted by Gasteiger charge is -2.19. The number of hydrogen-bond acceptors (Lipinski definition) is 3. The van der Waals surface area contributed by atoms with Crippen molar-refractivity contribution in [3.8, 4) is 0 Å². The van der Waals surface area contributed by atoms with Crippen LogP contribution in [0.3, 0.4) is 0 Å². The van der Waals surface area contributed by atoms with Crippen LogP contribution in [0.25, 0.3) is 0 Å². The predicted molar refractivity (Wildman–Crippen MR) is 67.5 cm³/mol. The van der Waals surface area contributed by atoms with Gasteiger partial charge in [0.25, 0.3) is 0 Å². The second kappa shape index (κ2) is 6.16. The lowest BCUT2D eigenvalue weighted by molar-refractivity contribution is 0.260. The van der Waals surface area contributed by atoms with Gasteiger partial charge >= 0.3 is 0 Å². The predicted octanol–water partition coefficient (Wildman–Crippen LogP) is 1.51. The van der Waals surface area contributed by atoms with Gasteiger partial charge in [0.15, 0.2) is 0 Å². The van der Waals surface area contributed by atoms with Crippen molar-refractivity contribution < 1.29 is 13.5 Å². The highest BCUT2D eigenvalue weighted by atomic mass is 35.5. The minimum Gasteiger partial charge on any atom is -0.395 e. The Bertz CT molecular complexity index is 470. The zero-order chi connectivity index (χ0) is 12.9. The molecule has 94 valence electrons. The third-order valence-corrected chi connectivity index (χ3v) is 4.26. The Morgan fingerprint density at radius 1 is 1.35 bits per heavy atom. The van der Waals surface area contributed by atoms with E-state index in [0.29, 0.717) is 5.02 Å². The topological polar surface area (TPSA) is 57.6 Å². The highest BCUT2D eigenvalue weighted by Crippen LogP contribution is 2.18. The molecule has 0 aromatic heterocycles. The Hall–Kier alpha value is -0.880. The van der Waals surface area contributed by atoms with E-state index in [-0.39, 0.29) is 24.6 Å². The average Bonchev–Trinajstić information content (AvgIpc) is 2.29. The van der Waals surface area contributed by atoms with E-state index in [9.17, 15) is 8.42 Å². The average molecular weight is 276 g/mol. The van der Waals surface area contributed by atoms with Crippen LogP contribution < -0.4 is 0 Å². The van der Waals surface area contributed by atoms with E-state index >= 15 is 0 Å². The summed E-state index contributed by atoms with van der Waals surface area (Å²) in [6.07, 6.45) is 1.48. The summed E-state index contributed by atoms with van der Waals surface area (Å²) >= 11 is 5.70. The summed E-state index contributed by atoms with van der Waals surface area (Å²) in [7, 11) is -3.60. The molecule has 6 heteroatoms. The Morgan fingerprint density at radius 2 is 1.94 bits per heavy atom. The summed E-state index contributed by atoms with van der Waals surface area (Å²) in [5.41, 5.74) is 0. The van der Waals surface area contributed by atoms with Crippen molar-refractivity contribution in [2.24, 2.45) is 0 Å². The highest BCUT2D eigenvalue weighted by molar-refractivity contribution is 7.89. The van der Waals surface area contributed by atoms with Crippen LogP contribution >= 0.6 is 11.6 Å². The van der Waals surface area contributed by atoms with E-state index in [1.54, 1.807) is 0 Å². The number of aliphatic hydroxyl groups excluding tert-OH is 1. The maximum absolute atomic E-state index is 12.1. The second-order valence-corrected chi connectivity index (χ2v) is 5.70. The fourth-order valence-electron chi connectivity index (χ4n) is 1.32. The molecule has 0 aliphatic heterocycles. The number of halogens is 1. The summed E-state index contributed by atoms with van der Waals surface area (Å²) in [6, 6.07) is 5.90. The standard InChI is InChI=1S/C11H14ClNO3S/c1-2-7-13(8-9-14)17(15,16)11-5-3-10(12)4-6-11/h2-6,14H,1,7-9H2. The van der Waals surface area contributed by atoms with Crippen LogP contribution in [0.15, 0.2) is 41.8 Å². The smallest absolute Gasteiger partial charge is 0.243 e. The van der Waals surface area contributed by atoms with Crippen LogP contribution in [0.4, 0.5) is 0 Å². The van der Waals surface area contributed by atoms with Crippen LogP contribution in [0.2, 0.25) is 5.02 Å². The maximum atomic E-state index is 12.1. The number of sulfonamides is 1. The van der Waals surface area contributed by atoms with Gasteiger partial charge < -0.3 is 5.11 Å². The Labute approximate surface area is 106 Å². The Kier molecular flexibility index (Phi) is 5.14. The lowest BCUT2D eigenvalue weighted by atomic mass is 10.4. The molecule has 0 unspecified atom stereocenters. The van der Waals surface area contributed by atoms with Crippen LogP contribution in [0.1, 0.15) is 0 Å². The molecule has 0 atom stereocenters. The molecule has 0 fully saturated rings. The fourth-order valence-corrected chi connectivity index (χ4v) is 2.85. The molecule has 0 aliphatic carbocycles. The summed E-state index contributed by atoms with van der Waals surface area (Å²) in [6.45, 7) is 3.46. The zero-order valence-corrected chi connectivity index (χ0v) is 10.8. The number of hydrogen-bond donors (Lipinski definition) is 1. The van der Waals surface area contributed by atoms with E-state index in [2.05, 4.69) is 6.58 Å². The van der Waals surface area contributed by atoms with E-state index in [4.69, 9.17) is 16.7 Å². The van der Waals surface area contributed by atoms with Gasteiger partial charge in [0.05, 0.1) is 11.5 Å². The SMILES string of the molecule is C=CCN(CCO)S(=O)(=O)c1ccc(Cl)cc1. The summed E-state index contributed by atoms with van der Waals surface area (Å²) < 4.78 is 25.5. The molecule has 0 radical (unpaired) electrons. The molecular weight excluding hydrogens is 262 g/mol. The van der Waals surface area contributed by atoms with Crippen molar-refractivity contribution in [3.05, 3.63) is 41.9 Å². The van der Waals surface area contributed by atoms with Crippen molar-refractivity contribution in [2.45, 2.75) is 4.90 Å². The maximum Gasteiger partial charge on any atom is 0.243 e. The monoisotopic (exact) mass is 275 g/mol. The third kappa shape index (κ3) is 3.54. The molecule has 0 saturated heterocycles. The van der Waals surface area contributed by atoms with Gasteiger partial charge in [-0.05, 0) is 24.3 Å². The van der Waals surface area contributed by atoms with E-state index in [1.165, 1.54) is 30.3 Å². The van der Waals surface area contributed by atoms with Crippen molar-refractivity contribution in [1.82, 2.24) is 4.31 Å². The van der Waals surface area contributed by atoms with Gasteiger partial charge in [-0.3, -0.25) is 0 Å². The quantitative estimate of drug-likeness (QED) is 0.801. The molecular formula is C11H14ClNO3S. The number of aliphatic hydroxyl groups is 1. The summed E-state index contributed by atoms with van der Waals surface area (Å²) in [5, 5.41) is 9.33. The minimum absolute atomic E-state index is 0.0387. The Morgan fingerprint density at radius 3 is 2.41 bits per heavy atom. The normalized spacial score (nSPS) is 11.7. The summed E-state index contributed by atoms with van der Waals surface area (Å²) in [5.74, 6) is 0. The van der Waals surface area contributed by atoms with E-state index < -0.39 is 10.0 Å². The molecule has 0 heterocycles. The fraction of sp³-hybridized carbons (Fsp3) is 0.273. The molecule has 0 bridgehead atoms. The van der Waals surface area contributed by atoms with Gasteiger partial charge in [-0.15, -0.1) is 6.58 Å². The van der Waals surface area contributed by atoms with Gasteiger partial charge in [0, 0.05) is 18.1 Å². The Balaban J connectivity index is 3.06. The van der Waals surface area contributed by atoms with Crippen LogP contribution in [-0.2, 0) is 10.0 Å². The lowest BCUT2D eigenvalue weighted by Crippen LogP contribution is -2.33. The minimum atomic E-state index is -3.60. The molecule has 0 spiro atoms. The van der Waals surface area contributed by atoms with Crippen molar-refractivity contribution in [2.75, 3.05) is 19.7 Å². The van der Waals surface area contributed by atoms with Crippen molar-refractivity contribution in [1.29, 1.82) is 0 Å². The van der Waals surface area contributed by atoms with Gasteiger partial charge in [-0.25, -0.2) is 8.42 Å². The molecule has 1 N–H and O–H groups in total. The highest BCUT2D eigenvalue weighted by Gasteiger charge is 2.22. The van der Waals surface area contributed by atoms with Gasteiger partial charge in [-0.1, -0.05) is 17.7 Å². The van der Waals surface area contributed by atoms with Crippen molar-refractivity contribution in [3.63, 3.8) is 0 Å². The molecule has 1 aromatic rings. The molecule has 0 saturated carbocycles. The van der Waals surface area contributed by atoms with E-state index in [0.717, 1.165) is 4.31 Å². The number of rotatable bonds is 6. The molecule has 0 aliphatic rings. The zero-order valence-electron chi connectivity index (χ0n) is 9.21. The first-order valence-electron chi connectivity index (χ1n) is 5.00. The van der Waals surface area contributed by atoms with Crippen LogP contribution in [0.5, 0.6) is 0 Å². The van der Waals surface area contributed by atoms with Crippen LogP contribution in [-0.4, -0.2) is 37.5 Å². The molecule has 1 aromatic carbocycles.